The van der Waals surface area contributed by atoms with Crippen LogP contribution in [-0.4, -0.2) is 80.8 Å². The molecule has 5 rings (SSSR count). The molecule has 2 aliphatic heterocycles. The van der Waals surface area contributed by atoms with Crippen molar-refractivity contribution in [3.05, 3.63) is 59.7 Å². The Balaban J connectivity index is 1.55. The molecule has 204 valence electrons. The van der Waals surface area contributed by atoms with Crippen LogP contribution in [0, 0.1) is 0 Å². The summed E-state index contributed by atoms with van der Waals surface area (Å²) in [4.78, 5) is 34.9. The molecule has 0 bridgehead atoms. The first-order chi connectivity index (χ1) is 18.7. The van der Waals surface area contributed by atoms with Crippen LogP contribution in [0.4, 0.5) is 0 Å². The molecule has 3 aromatic carbocycles. The van der Waals surface area contributed by atoms with Crippen LogP contribution >= 0.6 is 0 Å². The van der Waals surface area contributed by atoms with Gasteiger partial charge < -0.3 is 44.5 Å². The first-order valence-corrected chi connectivity index (χ1v) is 11.9. The summed E-state index contributed by atoms with van der Waals surface area (Å²) >= 11 is 0. The predicted molar refractivity (Wildman–Crippen MR) is 131 cm³/mol. The topological polar surface area (TPSA) is 189 Å². The Kier molecular flexibility index (Phi) is 7.10. The molecule has 5 N–H and O–H groups in total. The first kappa shape index (κ1) is 26.4. The number of carbonyl (C=O) groups excluding carboxylic acids is 2. The van der Waals surface area contributed by atoms with E-state index in [4.69, 9.17) is 24.1 Å². The number of carboxylic acids is 1. The number of benzene rings is 3. The number of carbonyl (C=O) groups is 3. The van der Waals surface area contributed by atoms with Gasteiger partial charge in [-0.15, -0.1) is 0 Å². The third-order valence-corrected chi connectivity index (χ3v) is 6.57. The highest BCUT2D eigenvalue weighted by molar-refractivity contribution is 6.14. The van der Waals surface area contributed by atoms with Crippen molar-refractivity contribution in [2.24, 2.45) is 0 Å². The van der Waals surface area contributed by atoms with E-state index in [-0.39, 0.29) is 23.7 Å². The average Bonchev–Trinajstić information content (AvgIpc) is 2.91. The molecule has 12 nitrogen and oxygen atoms in total. The van der Waals surface area contributed by atoms with E-state index >= 15 is 0 Å². The predicted octanol–water partition coefficient (Wildman–Crippen LogP) is 1.09. The summed E-state index contributed by atoms with van der Waals surface area (Å²) in [7, 11) is 0. The number of aromatic hydroxyl groups is 1. The molecular weight excluding hydrogens is 516 g/mol. The zero-order valence-electron chi connectivity index (χ0n) is 20.2. The summed E-state index contributed by atoms with van der Waals surface area (Å²) < 4.78 is 21.6. The first-order valence-electron chi connectivity index (χ1n) is 11.9. The Hall–Kier alpha value is -4.23. The van der Waals surface area contributed by atoms with Crippen LogP contribution in [-0.2, 0) is 30.4 Å². The van der Waals surface area contributed by atoms with Gasteiger partial charge in [-0.1, -0.05) is 36.4 Å². The SMILES string of the molecule is O=C(O)CC(=O)OC[C@H]1O[C@H](Oc2c(O)cc3c4c(ccc(-c5ccccc5)c24)C(=O)OC3)[C@H](O)[C@@H](O)[C@@H]1O. The maximum Gasteiger partial charge on any atom is 0.339 e. The minimum Gasteiger partial charge on any atom is -0.504 e. The lowest BCUT2D eigenvalue weighted by Crippen LogP contribution is -2.60. The van der Waals surface area contributed by atoms with Crippen LogP contribution in [0.25, 0.3) is 21.9 Å². The highest BCUT2D eigenvalue weighted by Crippen LogP contribution is 2.46. The monoisotopic (exact) mass is 540 g/mol. The number of rotatable bonds is 7. The second-order valence-electron chi connectivity index (χ2n) is 9.12. The van der Waals surface area contributed by atoms with Gasteiger partial charge in [0.2, 0.25) is 6.29 Å². The lowest BCUT2D eigenvalue weighted by atomic mass is 9.90. The van der Waals surface area contributed by atoms with Gasteiger partial charge in [-0.25, -0.2) is 4.79 Å². The fraction of sp³-hybridized carbons (Fsp3) is 0.296. The molecule has 39 heavy (non-hydrogen) atoms. The van der Waals surface area contributed by atoms with E-state index < -0.39 is 61.6 Å². The van der Waals surface area contributed by atoms with Gasteiger partial charge in [0.05, 0.1) is 5.56 Å². The molecule has 0 spiro atoms. The van der Waals surface area contributed by atoms with Crippen molar-refractivity contribution >= 4 is 28.7 Å². The van der Waals surface area contributed by atoms with E-state index in [9.17, 15) is 34.8 Å². The number of ether oxygens (including phenoxy) is 4. The summed E-state index contributed by atoms with van der Waals surface area (Å²) in [6, 6.07) is 13.7. The molecule has 12 heteroatoms. The second kappa shape index (κ2) is 10.5. The molecular formula is C27H24O12. The number of aliphatic hydroxyl groups is 3. The maximum atomic E-state index is 12.5. The smallest absolute Gasteiger partial charge is 0.339 e. The molecule has 0 aromatic heterocycles. The number of hydrogen-bond acceptors (Lipinski definition) is 11. The normalized spacial score (nSPS) is 24.2. The van der Waals surface area contributed by atoms with Gasteiger partial charge in [-0.05, 0) is 23.3 Å². The van der Waals surface area contributed by atoms with Gasteiger partial charge in [-0.2, -0.15) is 0 Å². The molecule has 1 fully saturated rings. The Labute approximate surface area is 220 Å². The van der Waals surface area contributed by atoms with Crippen LogP contribution < -0.4 is 4.74 Å². The zero-order chi connectivity index (χ0) is 27.8. The van der Waals surface area contributed by atoms with E-state index in [0.29, 0.717) is 21.9 Å². The van der Waals surface area contributed by atoms with Crippen LogP contribution in [0.2, 0.25) is 0 Å². The zero-order valence-corrected chi connectivity index (χ0v) is 20.2. The maximum absolute atomic E-state index is 12.5. The number of phenols is 1. The summed E-state index contributed by atoms with van der Waals surface area (Å²) in [5, 5.41) is 51.9. The van der Waals surface area contributed by atoms with Crippen molar-refractivity contribution in [2.75, 3.05) is 6.61 Å². The van der Waals surface area contributed by atoms with E-state index in [1.54, 1.807) is 24.3 Å². The molecule has 2 aliphatic rings. The van der Waals surface area contributed by atoms with Gasteiger partial charge in [0, 0.05) is 16.3 Å². The Morgan fingerprint density at radius 2 is 1.67 bits per heavy atom. The average molecular weight is 540 g/mol. The van der Waals surface area contributed by atoms with Crippen molar-refractivity contribution in [3.8, 4) is 22.6 Å². The molecule has 3 aromatic rings. The molecule has 0 radical (unpaired) electrons. The lowest BCUT2D eigenvalue weighted by molar-refractivity contribution is -0.278. The highest BCUT2D eigenvalue weighted by atomic mass is 16.7. The van der Waals surface area contributed by atoms with E-state index in [1.165, 1.54) is 6.07 Å². The fourth-order valence-electron chi connectivity index (χ4n) is 4.70. The number of cyclic esters (lactones) is 1. The third-order valence-electron chi connectivity index (χ3n) is 6.57. The minimum atomic E-state index is -1.81. The van der Waals surface area contributed by atoms with E-state index in [2.05, 4.69) is 0 Å². The number of phenolic OH excluding ortho intramolecular Hbond substituents is 1. The summed E-state index contributed by atoms with van der Waals surface area (Å²) in [6.07, 6.45) is -9.32. The lowest BCUT2D eigenvalue weighted by Gasteiger charge is -2.40. The van der Waals surface area contributed by atoms with Crippen molar-refractivity contribution in [1.29, 1.82) is 0 Å². The molecule has 0 aliphatic carbocycles. The van der Waals surface area contributed by atoms with Gasteiger partial charge >= 0.3 is 17.9 Å². The Morgan fingerprint density at radius 3 is 2.38 bits per heavy atom. The third kappa shape index (κ3) is 4.98. The molecule has 1 saturated heterocycles. The Morgan fingerprint density at radius 1 is 0.949 bits per heavy atom. The van der Waals surface area contributed by atoms with Gasteiger partial charge in [-0.3, -0.25) is 9.59 Å². The highest BCUT2D eigenvalue weighted by Gasteiger charge is 2.46. The van der Waals surface area contributed by atoms with Gasteiger partial charge in [0.25, 0.3) is 0 Å². The minimum absolute atomic E-state index is 0.0916. The number of carboxylic acid groups (broad SMARTS) is 1. The summed E-state index contributed by atoms with van der Waals surface area (Å²) in [6.45, 7) is -0.737. The van der Waals surface area contributed by atoms with Crippen LogP contribution in [0.5, 0.6) is 11.5 Å². The van der Waals surface area contributed by atoms with Crippen molar-refractivity contribution < 1.29 is 58.9 Å². The largest absolute Gasteiger partial charge is 0.504 e. The van der Waals surface area contributed by atoms with E-state index in [1.807, 2.05) is 18.2 Å². The molecule has 2 heterocycles. The van der Waals surface area contributed by atoms with Crippen molar-refractivity contribution in [3.63, 3.8) is 0 Å². The molecule has 5 atom stereocenters. The second-order valence-corrected chi connectivity index (χ2v) is 9.12. The number of hydrogen-bond donors (Lipinski definition) is 5. The Bertz CT molecular complexity index is 1440. The number of aliphatic carboxylic acids is 1. The van der Waals surface area contributed by atoms with E-state index in [0.717, 1.165) is 5.56 Å². The molecule has 0 amide bonds. The molecule has 0 unspecified atom stereocenters. The van der Waals surface area contributed by atoms with Crippen LogP contribution in [0.1, 0.15) is 22.3 Å². The summed E-state index contributed by atoms with van der Waals surface area (Å²) in [5.74, 6) is -3.63. The summed E-state index contributed by atoms with van der Waals surface area (Å²) in [5.41, 5.74) is 2.07. The standard InChI is InChI=1S/C27H24O12/c28-16-8-13-10-37-26(35)15-7-6-14(12-4-2-1-3-5-12)21(20(13)15)25(16)39-27-24(34)23(33)22(32)17(38-27)11-36-19(31)9-18(29)30/h1-8,17,22-24,27-28,32-34H,9-11H2,(H,29,30)/t17-,22-,23+,24-,27-/m1/s1. The van der Waals surface area contributed by atoms with Gasteiger partial charge in [0.15, 0.2) is 11.5 Å². The number of aliphatic hydroxyl groups excluding tert-OH is 3. The number of esters is 2. The van der Waals surface area contributed by atoms with Gasteiger partial charge in [0.1, 0.15) is 44.1 Å². The van der Waals surface area contributed by atoms with Crippen molar-refractivity contribution in [1.82, 2.24) is 0 Å². The van der Waals surface area contributed by atoms with Crippen molar-refractivity contribution in [2.45, 2.75) is 43.7 Å². The quantitative estimate of drug-likeness (QED) is 0.212. The van der Waals surface area contributed by atoms with Crippen LogP contribution in [0.15, 0.2) is 48.5 Å². The van der Waals surface area contributed by atoms with Crippen LogP contribution in [0.3, 0.4) is 0 Å². The fourth-order valence-corrected chi connectivity index (χ4v) is 4.70. The molecule has 0 saturated carbocycles.